The van der Waals surface area contributed by atoms with Gasteiger partial charge >= 0.3 is 0 Å². The summed E-state index contributed by atoms with van der Waals surface area (Å²) in [5, 5.41) is 18.4. The van der Waals surface area contributed by atoms with Crippen LogP contribution >= 0.6 is 0 Å². The number of hydrogen-bond donors (Lipinski definition) is 2. The van der Waals surface area contributed by atoms with Crippen molar-refractivity contribution in [1.82, 2.24) is 15.1 Å². The second-order valence-corrected chi connectivity index (χ2v) is 8.33. The van der Waals surface area contributed by atoms with Crippen LogP contribution in [-0.2, 0) is 5.60 Å². The molecule has 148 valence electrons. The molecule has 29 heavy (non-hydrogen) atoms. The standard InChI is InChI=1S/C24H25N3O2/c28-23(18-7-4-6-17(12-18)20-13-25-26-14-20)27-15-19-8-5-11-24(29,22(19)16-27)21-9-2-1-3-10-21/h1-4,6-7,9-10,12-14,19,22,29H,5,8,11,15-16H2,(H,25,26)/t19-,22+,24+/m0/s1. The summed E-state index contributed by atoms with van der Waals surface area (Å²) in [6.07, 6.45) is 6.40. The highest BCUT2D eigenvalue weighted by Crippen LogP contribution is 2.48. The van der Waals surface area contributed by atoms with E-state index in [4.69, 9.17) is 0 Å². The first-order valence-electron chi connectivity index (χ1n) is 10.3. The lowest BCUT2D eigenvalue weighted by atomic mass is 9.67. The van der Waals surface area contributed by atoms with Crippen molar-refractivity contribution in [3.63, 3.8) is 0 Å². The minimum absolute atomic E-state index is 0.0418. The van der Waals surface area contributed by atoms with Crippen LogP contribution in [-0.4, -0.2) is 39.2 Å². The molecular formula is C24H25N3O2. The molecule has 0 spiro atoms. The highest BCUT2D eigenvalue weighted by molar-refractivity contribution is 5.95. The number of carbonyl (C=O) groups excluding carboxylic acids is 1. The minimum atomic E-state index is -0.849. The van der Waals surface area contributed by atoms with Crippen LogP contribution in [0, 0.1) is 11.8 Å². The fourth-order valence-corrected chi connectivity index (χ4v) is 5.20. The summed E-state index contributed by atoms with van der Waals surface area (Å²) in [4.78, 5) is 15.2. The number of likely N-dealkylation sites (tertiary alicyclic amines) is 1. The van der Waals surface area contributed by atoms with Gasteiger partial charge in [-0.05, 0) is 48.4 Å². The van der Waals surface area contributed by atoms with E-state index in [9.17, 15) is 9.90 Å². The molecule has 5 heteroatoms. The Hall–Kier alpha value is -2.92. The summed E-state index contributed by atoms with van der Waals surface area (Å²) >= 11 is 0. The number of aromatic nitrogens is 2. The number of H-pyrrole nitrogens is 1. The third-order valence-corrected chi connectivity index (χ3v) is 6.69. The summed E-state index contributed by atoms with van der Waals surface area (Å²) in [5.41, 5.74) is 2.75. The van der Waals surface area contributed by atoms with Crippen molar-refractivity contribution in [3.05, 3.63) is 78.1 Å². The van der Waals surface area contributed by atoms with Gasteiger partial charge < -0.3 is 10.0 Å². The van der Waals surface area contributed by atoms with Crippen LogP contribution in [0.3, 0.4) is 0 Å². The molecular weight excluding hydrogens is 362 g/mol. The molecule has 2 N–H and O–H groups in total. The van der Waals surface area contributed by atoms with Crippen LogP contribution in [0.5, 0.6) is 0 Å². The molecule has 3 aromatic rings. The fraction of sp³-hybridized carbons (Fsp3) is 0.333. The lowest BCUT2D eigenvalue weighted by Crippen LogP contribution is -2.42. The topological polar surface area (TPSA) is 69.2 Å². The molecule has 0 bridgehead atoms. The number of nitrogens with one attached hydrogen (secondary N) is 1. The maximum Gasteiger partial charge on any atom is 0.253 e. The first-order valence-corrected chi connectivity index (χ1v) is 10.3. The Labute approximate surface area is 170 Å². The second kappa shape index (κ2) is 7.16. The maximum absolute atomic E-state index is 13.3. The summed E-state index contributed by atoms with van der Waals surface area (Å²) < 4.78 is 0. The molecule has 1 aliphatic carbocycles. The van der Waals surface area contributed by atoms with Gasteiger partial charge in [-0.2, -0.15) is 5.10 Å². The Morgan fingerprint density at radius 1 is 1.10 bits per heavy atom. The van der Waals surface area contributed by atoms with E-state index in [1.165, 1.54) is 0 Å². The van der Waals surface area contributed by atoms with Gasteiger partial charge in [-0.25, -0.2) is 0 Å². The van der Waals surface area contributed by atoms with Crippen LogP contribution in [0.15, 0.2) is 67.0 Å². The van der Waals surface area contributed by atoms with E-state index < -0.39 is 5.60 Å². The molecule has 1 aliphatic heterocycles. The summed E-state index contributed by atoms with van der Waals surface area (Å²) in [6, 6.07) is 17.7. The smallest absolute Gasteiger partial charge is 0.253 e. The second-order valence-electron chi connectivity index (χ2n) is 8.33. The summed E-state index contributed by atoms with van der Waals surface area (Å²) in [7, 11) is 0. The van der Waals surface area contributed by atoms with E-state index in [2.05, 4.69) is 10.2 Å². The van der Waals surface area contributed by atoms with Crippen LogP contribution in [0.25, 0.3) is 11.1 Å². The van der Waals surface area contributed by atoms with Gasteiger partial charge in [0.1, 0.15) is 0 Å². The highest BCUT2D eigenvalue weighted by atomic mass is 16.3. The fourth-order valence-electron chi connectivity index (χ4n) is 5.20. The Balaban J connectivity index is 1.40. The van der Waals surface area contributed by atoms with Gasteiger partial charge in [0.05, 0.1) is 11.8 Å². The first kappa shape index (κ1) is 18.1. The molecule has 2 aromatic carbocycles. The van der Waals surface area contributed by atoms with Gasteiger partial charge in [-0.15, -0.1) is 0 Å². The van der Waals surface area contributed by atoms with Gasteiger partial charge in [0, 0.05) is 36.3 Å². The summed E-state index contributed by atoms with van der Waals surface area (Å²) in [6.45, 7) is 1.32. The van der Waals surface area contributed by atoms with Gasteiger partial charge in [0.25, 0.3) is 5.91 Å². The van der Waals surface area contributed by atoms with Gasteiger partial charge in [-0.1, -0.05) is 42.5 Å². The molecule has 0 radical (unpaired) electrons. The van der Waals surface area contributed by atoms with E-state index in [-0.39, 0.29) is 11.8 Å². The van der Waals surface area contributed by atoms with E-state index in [0.29, 0.717) is 24.6 Å². The molecule has 1 saturated heterocycles. The Morgan fingerprint density at radius 2 is 1.97 bits per heavy atom. The van der Waals surface area contributed by atoms with Crippen molar-refractivity contribution in [2.45, 2.75) is 24.9 Å². The van der Waals surface area contributed by atoms with Crippen LogP contribution < -0.4 is 0 Å². The number of amides is 1. The molecule has 2 aliphatic rings. The predicted molar refractivity (Wildman–Crippen MR) is 111 cm³/mol. The molecule has 5 nitrogen and oxygen atoms in total. The number of aromatic amines is 1. The zero-order valence-electron chi connectivity index (χ0n) is 16.3. The van der Waals surface area contributed by atoms with Crippen molar-refractivity contribution in [1.29, 1.82) is 0 Å². The first-order chi connectivity index (χ1) is 14.1. The molecule has 5 rings (SSSR count). The number of benzene rings is 2. The number of hydrogen-bond acceptors (Lipinski definition) is 3. The maximum atomic E-state index is 13.3. The van der Waals surface area contributed by atoms with Gasteiger partial charge in [0.15, 0.2) is 0 Å². The van der Waals surface area contributed by atoms with E-state index >= 15 is 0 Å². The lowest BCUT2D eigenvalue weighted by molar-refractivity contribution is -0.0644. The largest absolute Gasteiger partial charge is 0.385 e. The average molecular weight is 387 g/mol. The number of carbonyl (C=O) groups is 1. The van der Waals surface area contributed by atoms with E-state index in [1.54, 1.807) is 6.20 Å². The molecule has 3 atom stereocenters. The zero-order valence-corrected chi connectivity index (χ0v) is 16.3. The average Bonchev–Trinajstić information content (AvgIpc) is 3.45. The molecule has 0 unspecified atom stereocenters. The van der Waals surface area contributed by atoms with Crippen molar-refractivity contribution < 1.29 is 9.90 Å². The Kier molecular flexibility index (Phi) is 4.47. The molecule has 1 amide bonds. The number of fused-ring (bicyclic) bond motifs is 1. The summed E-state index contributed by atoms with van der Waals surface area (Å²) in [5.74, 6) is 0.467. The highest BCUT2D eigenvalue weighted by Gasteiger charge is 2.50. The van der Waals surface area contributed by atoms with Crippen molar-refractivity contribution >= 4 is 5.91 Å². The van der Waals surface area contributed by atoms with Crippen molar-refractivity contribution in [3.8, 4) is 11.1 Å². The molecule has 2 heterocycles. The quantitative estimate of drug-likeness (QED) is 0.717. The number of rotatable bonds is 3. The Morgan fingerprint density at radius 3 is 2.76 bits per heavy atom. The number of nitrogens with zero attached hydrogens (tertiary/aromatic N) is 2. The Bertz CT molecular complexity index is 1000. The van der Waals surface area contributed by atoms with Crippen LogP contribution in [0.4, 0.5) is 0 Å². The monoisotopic (exact) mass is 387 g/mol. The van der Waals surface area contributed by atoms with Gasteiger partial charge in [-0.3, -0.25) is 9.89 Å². The normalized spacial score (nSPS) is 26.3. The SMILES string of the molecule is O=C(c1cccc(-c2cn[nH]c2)c1)N1C[C@@H]2CCC[C@@](O)(c3ccccc3)[C@@H]2C1. The third kappa shape index (κ3) is 3.15. The lowest BCUT2D eigenvalue weighted by Gasteiger charge is -2.41. The van der Waals surface area contributed by atoms with Crippen molar-refractivity contribution in [2.75, 3.05) is 13.1 Å². The predicted octanol–water partition coefficient (Wildman–Crippen LogP) is 3.84. The van der Waals surface area contributed by atoms with Crippen LogP contribution in [0.1, 0.15) is 35.2 Å². The van der Waals surface area contributed by atoms with E-state index in [0.717, 1.165) is 36.0 Å². The van der Waals surface area contributed by atoms with Crippen molar-refractivity contribution in [2.24, 2.45) is 11.8 Å². The zero-order chi connectivity index (χ0) is 19.8. The third-order valence-electron chi connectivity index (χ3n) is 6.69. The minimum Gasteiger partial charge on any atom is -0.385 e. The molecule has 2 fully saturated rings. The number of aliphatic hydroxyl groups is 1. The molecule has 1 saturated carbocycles. The van der Waals surface area contributed by atoms with Crippen LogP contribution in [0.2, 0.25) is 0 Å². The van der Waals surface area contributed by atoms with E-state index in [1.807, 2.05) is 65.7 Å². The molecule has 1 aromatic heterocycles. The van der Waals surface area contributed by atoms with Gasteiger partial charge in [0.2, 0.25) is 0 Å².